The molecule has 0 aliphatic heterocycles. The van der Waals surface area contributed by atoms with Gasteiger partial charge in [-0.15, -0.1) is 0 Å². The SMILES string of the molecule is CCC(C)C(=O)NCCCS(O)(O)O. The normalized spacial score (nSPS) is 14.9. The summed E-state index contributed by atoms with van der Waals surface area (Å²) in [4.78, 5) is 11.2. The highest BCUT2D eigenvalue weighted by Crippen LogP contribution is 2.32. The van der Waals surface area contributed by atoms with E-state index in [0.717, 1.165) is 6.42 Å². The molecule has 0 heterocycles. The zero-order valence-electron chi connectivity index (χ0n) is 8.56. The first-order valence-electron chi connectivity index (χ1n) is 4.63. The summed E-state index contributed by atoms with van der Waals surface area (Å²) in [5.41, 5.74) is 0. The third-order valence-electron chi connectivity index (χ3n) is 1.95. The predicted molar refractivity (Wildman–Crippen MR) is 57.4 cm³/mol. The number of amides is 1. The van der Waals surface area contributed by atoms with Gasteiger partial charge in [0.15, 0.2) is 0 Å². The predicted octanol–water partition coefficient (Wildman–Crippen LogP) is 1.76. The molecule has 0 bridgehead atoms. The quantitative estimate of drug-likeness (QED) is 0.518. The highest BCUT2D eigenvalue weighted by atomic mass is 32.3. The number of nitrogens with one attached hydrogen (secondary N) is 1. The second-order valence-corrected chi connectivity index (χ2v) is 4.96. The minimum atomic E-state index is -3.40. The standard InChI is InChI=1S/C8H19NO4S/c1-3-7(2)8(10)9-5-4-6-14(11,12)13/h7,11-13H,3-6H2,1-2H3,(H,9,10). The molecule has 6 heteroatoms. The third-order valence-corrected chi connectivity index (χ3v) is 2.79. The molecule has 86 valence electrons. The summed E-state index contributed by atoms with van der Waals surface area (Å²) in [5, 5.41) is 2.65. The first kappa shape index (κ1) is 13.7. The minimum absolute atomic E-state index is 0.0236. The highest BCUT2D eigenvalue weighted by Gasteiger charge is 2.12. The Bertz CT molecular complexity index is 181. The van der Waals surface area contributed by atoms with E-state index in [0.29, 0.717) is 13.0 Å². The van der Waals surface area contributed by atoms with Crippen LogP contribution in [0, 0.1) is 5.92 Å². The van der Waals surface area contributed by atoms with Crippen molar-refractivity contribution >= 4 is 16.8 Å². The van der Waals surface area contributed by atoms with Gasteiger partial charge in [-0.1, -0.05) is 13.8 Å². The molecular weight excluding hydrogens is 206 g/mol. The van der Waals surface area contributed by atoms with E-state index in [2.05, 4.69) is 5.32 Å². The number of hydrogen-bond acceptors (Lipinski definition) is 4. The Labute approximate surface area is 86.1 Å². The molecule has 0 radical (unpaired) electrons. The van der Waals surface area contributed by atoms with Crippen molar-refractivity contribution < 1.29 is 18.5 Å². The van der Waals surface area contributed by atoms with E-state index in [4.69, 9.17) is 13.7 Å². The van der Waals surface area contributed by atoms with Crippen molar-refractivity contribution in [2.75, 3.05) is 12.3 Å². The Morgan fingerprint density at radius 3 is 2.43 bits per heavy atom. The van der Waals surface area contributed by atoms with Crippen molar-refractivity contribution in [2.45, 2.75) is 26.7 Å². The van der Waals surface area contributed by atoms with Gasteiger partial charge in [0, 0.05) is 18.2 Å². The van der Waals surface area contributed by atoms with Crippen molar-refractivity contribution in [3.8, 4) is 0 Å². The average molecular weight is 225 g/mol. The molecule has 0 aromatic heterocycles. The lowest BCUT2D eigenvalue weighted by molar-refractivity contribution is -0.124. The van der Waals surface area contributed by atoms with Gasteiger partial charge in [-0.3, -0.25) is 4.79 Å². The summed E-state index contributed by atoms with van der Waals surface area (Å²) < 4.78 is 25.9. The fraction of sp³-hybridized carbons (Fsp3) is 0.875. The second-order valence-electron chi connectivity index (χ2n) is 3.29. The van der Waals surface area contributed by atoms with Gasteiger partial charge >= 0.3 is 0 Å². The molecule has 5 nitrogen and oxygen atoms in total. The zero-order valence-corrected chi connectivity index (χ0v) is 9.38. The summed E-state index contributed by atoms with van der Waals surface area (Å²) >= 11 is 0. The van der Waals surface area contributed by atoms with E-state index in [1.165, 1.54) is 0 Å². The van der Waals surface area contributed by atoms with E-state index in [1.807, 2.05) is 13.8 Å². The maximum atomic E-state index is 11.2. The number of carbonyl (C=O) groups is 1. The summed E-state index contributed by atoms with van der Waals surface area (Å²) in [6, 6.07) is 0. The molecular formula is C8H19NO4S. The molecule has 1 amide bonds. The summed E-state index contributed by atoms with van der Waals surface area (Å²) in [6.07, 6.45) is 1.14. The fourth-order valence-electron chi connectivity index (χ4n) is 0.837. The molecule has 14 heavy (non-hydrogen) atoms. The Hall–Kier alpha value is -0.300. The molecule has 1 unspecified atom stereocenters. The Balaban J connectivity index is 3.51. The van der Waals surface area contributed by atoms with Crippen LogP contribution in [0.1, 0.15) is 26.7 Å². The van der Waals surface area contributed by atoms with Crippen LogP contribution >= 0.6 is 10.9 Å². The third kappa shape index (κ3) is 7.14. The lowest BCUT2D eigenvalue weighted by Gasteiger charge is -2.18. The summed E-state index contributed by atoms with van der Waals surface area (Å²) in [6.45, 7) is 4.11. The summed E-state index contributed by atoms with van der Waals surface area (Å²) in [5.74, 6) is -0.153. The Kier molecular flexibility index (Phi) is 6.10. The zero-order chi connectivity index (χ0) is 11.2. The van der Waals surface area contributed by atoms with Gasteiger partial charge < -0.3 is 19.0 Å². The molecule has 0 fully saturated rings. The fourth-order valence-corrected chi connectivity index (χ4v) is 1.37. The van der Waals surface area contributed by atoms with E-state index in [1.54, 1.807) is 0 Å². The Morgan fingerprint density at radius 2 is 2.00 bits per heavy atom. The molecule has 0 aromatic carbocycles. The number of hydrogen-bond donors (Lipinski definition) is 4. The number of rotatable bonds is 6. The van der Waals surface area contributed by atoms with Crippen molar-refractivity contribution in [3.63, 3.8) is 0 Å². The largest absolute Gasteiger partial charge is 0.356 e. The molecule has 0 spiro atoms. The first-order chi connectivity index (χ1) is 6.37. The highest BCUT2D eigenvalue weighted by molar-refractivity contribution is 8.19. The van der Waals surface area contributed by atoms with Crippen LogP contribution in [-0.2, 0) is 4.79 Å². The van der Waals surface area contributed by atoms with Gasteiger partial charge in [-0.2, -0.15) is 0 Å². The monoisotopic (exact) mass is 225 g/mol. The smallest absolute Gasteiger partial charge is 0.222 e. The van der Waals surface area contributed by atoms with Crippen LogP contribution < -0.4 is 5.32 Å². The van der Waals surface area contributed by atoms with Crippen LogP contribution in [0.5, 0.6) is 0 Å². The molecule has 0 saturated heterocycles. The molecule has 1 atom stereocenters. The molecule has 0 aliphatic rings. The van der Waals surface area contributed by atoms with Gasteiger partial charge in [0.2, 0.25) is 5.91 Å². The molecule has 0 aliphatic carbocycles. The topological polar surface area (TPSA) is 89.8 Å². The molecule has 0 saturated carbocycles. The van der Waals surface area contributed by atoms with Crippen LogP contribution in [0.25, 0.3) is 0 Å². The van der Waals surface area contributed by atoms with Crippen LogP contribution in [0.15, 0.2) is 0 Å². The van der Waals surface area contributed by atoms with E-state index in [9.17, 15) is 4.79 Å². The minimum Gasteiger partial charge on any atom is -0.356 e. The van der Waals surface area contributed by atoms with Gasteiger partial charge in [-0.25, -0.2) is 0 Å². The molecule has 0 aromatic rings. The average Bonchev–Trinajstić information content (AvgIpc) is 2.09. The van der Waals surface area contributed by atoms with Crippen LogP contribution in [0.4, 0.5) is 0 Å². The van der Waals surface area contributed by atoms with Crippen LogP contribution in [0.2, 0.25) is 0 Å². The van der Waals surface area contributed by atoms with E-state index in [-0.39, 0.29) is 17.6 Å². The number of carbonyl (C=O) groups excluding carboxylic acids is 1. The van der Waals surface area contributed by atoms with E-state index >= 15 is 0 Å². The molecule has 4 N–H and O–H groups in total. The van der Waals surface area contributed by atoms with Crippen LogP contribution in [-0.4, -0.2) is 31.9 Å². The van der Waals surface area contributed by atoms with Crippen LogP contribution in [0.3, 0.4) is 0 Å². The lowest BCUT2D eigenvalue weighted by Crippen LogP contribution is -2.30. The maximum Gasteiger partial charge on any atom is 0.222 e. The van der Waals surface area contributed by atoms with Gasteiger partial charge in [0.25, 0.3) is 0 Å². The molecule has 0 rings (SSSR count). The lowest BCUT2D eigenvalue weighted by atomic mass is 10.1. The van der Waals surface area contributed by atoms with Crippen molar-refractivity contribution in [2.24, 2.45) is 5.92 Å². The van der Waals surface area contributed by atoms with E-state index < -0.39 is 10.9 Å². The summed E-state index contributed by atoms with van der Waals surface area (Å²) in [7, 11) is -3.40. The first-order valence-corrected chi connectivity index (χ1v) is 6.30. The van der Waals surface area contributed by atoms with Crippen molar-refractivity contribution in [1.29, 1.82) is 0 Å². The van der Waals surface area contributed by atoms with Crippen molar-refractivity contribution in [3.05, 3.63) is 0 Å². The maximum absolute atomic E-state index is 11.2. The van der Waals surface area contributed by atoms with Gasteiger partial charge in [0.05, 0.1) is 10.9 Å². The van der Waals surface area contributed by atoms with Crippen molar-refractivity contribution in [1.82, 2.24) is 5.32 Å². The van der Waals surface area contributed by atoms with Gasteiger partial charge in [0.1, 0.15) is 0 Å². The van der Waals surface area contributed by atoms with Gasteiger partial charge in [-0.05, 0) is 12.8 Å². The Morgan fingerprint density at radius 1 is 1.43 bits per heavy atom. The second kappa shape index (κ2) is 6.23.